The second-order valence-electron chi connectivity index (χ2n) is 3.32. The van der Waals surface area contributed by atoms with Crippen LogP contribution in [0.5, 0.6) is 0 Å². The summed E-state index contributed by atoms with van der Waals surface area (Å²) in [4.78, 5) is 10.8. The molecule has 0 bridgehead atoms. The highest BCUT2D eigenvalue weighted by atomic mass is 16.1. The third-order valence-electron chi connectivity index (χ3n) is 2.58. The predicted octanol–water partition coefficient (Wildman–Crippen LogP) is 2.08. The summed E-state index contributed by atoms with van der Waals surface area (Å²) >= 11 is 0. The van der Waals surface area contributed by atoms with Crippen molar-refractivity contribution in [3.63, 3.8) is 0 Å². The van der Waals surface area contributed by atoms with Crippen LogP contribution in [0, 0.1) is 11.3 Å². The SMILES string of the molecule is CCc1c(C#N)cc(C=O)c(N)c1CC. The molecule has 0 amide bonds. The summed E-state index contributed by atoms with van der Waals surface area (Å²) in [6.45, 7) is 3.95. The topological polar surface area (TPSA) is 66.9 Å². The number of rotatable bonds is 3. The Morgan fingerprint density at radius 1 is 1.40 bits per heavy atom. The molecule has 0 aromatic heterocycles. The van der Waals surface area contributed by atoms with Crippen molar-refractivity contribution in [1.82, 2.24) is 0 Å². The minimum Gasteiger partial charge on any atom is -0.398 e. The Hall–Kier alpha value is -1.82. The van der Waals surface area contributed by atoms with Crippen LogP contribution < -0.4 is 5.73 Å². The van der Waals surface area contributed by atoms with E-state index in [-0.39, 0.29) is 0 Å². The highest BCUT2D eigenvalue weighted by Crippen LogP contribution is 2.25. The molecule has 1 rings (SSSR count). The fraction of sp³-hybridized carbons (Fsp3) is 0.333. The number of aldehydes is 1. The van der Waals surface area contributed by atoms with Gasteiger partial charge in [0.2, 0.25) is 0 Å². The highest BCUT2D eigenvalue weighted by molar-refractivity contribution is 5.86. The zero-order valence-electron chi connectivity index (χ0n) is 9.00. The number of nitrogen functional groups attached to an aromatic ring is 1. The van der Waals surface area contributed by atoms with Gasteiger partial charge in [-0.05, 0) is 30.0 Å². The third-order valence-corrected chi connectivity index (χ3v) is 2.58. The van der Waals surface area contributed by atoms with E-state index in [0.717, 1.165) is 24.0 Å². The lowest BCUT2D eigenvalue weighted by molar-refractivity contribution is 0.112. The number of nitriles is 1. The molecule has 3 nitrogen and oxygen atoms in total. The Kier molecular flexibility index (Phi) is 3.46. The third kappa shape index (κ3) is 1.84. The molecule has 3 heteroatoms. The van der Waals surface area contributed by atoms with Gasteiger partial charge in [-0.2, -0.15) is 5.26 Å². The van der Waals surface area contributed by atoms with Crippen LogP contribution in [-0.2, 0) is 12.8 Å². The largest absolute Gasteiger partial charge is 0.398 e. The van der Waals surface area contributed by atoms with E-state index in [1.54, 1.807) is 6.07 Å². The van der Waals surface area contributed by atoms with E-state index in [4.69, 9.17) is 11.0 Å². The molecule has 0 atom stereocenters. The van der Waals surface area contributed by atoms with Crippen LogP contribution in [0.2, 0.25) is 0 Å². The van der Waals surface area contributed by atoms with Gasteiger partial charge in [-0.25, -0.2) is 0 Å². The molecule has 0 spiro atoms. The molecule has 0 fully saturated rings. The van der Waals surface area contributed by atoms with E-state index in [1.165, 1.54) is 0 Å². The number of hydrogen-bond acceptors (Lipinski definition) is 3. The van der Waals surface area contributed by atoms with Crippen molar-refractivity contribution in [2.75, 3.05) is 5.73 Å². The number of carbonyl (C=O) groups excluding carboxylic acids is 1. The Labute approximate surface area is 89.5 Å². The molecule has 0 saturated heterocycles. The lowest BCUT2D eigenvalue weighted by Gasteiger charge is -2.12. The van der Waals surface area contributed by atoms with Crippen LogP contribution in [0.4, 0.5) is 5.69 Å². The van der Waals surface area contributed by atoms with E-state index < -0.39 is 0 Å². The highest BCUT2D eigenvalue weighted by Gasteiger charge is 2.12. The lowest BCUT2D eigenvalue weighted by atomic mass is 9.93. The molecule has 0 heterocycles. The van der Waals surface area contributed by atoms with Gasteiger partial charge < -0.3 is 5.73 Å². The number of hydrogen-bond donors (Lipinski definition) is 1. The summed E-state index contributed by atoms with van der Waals surface area (Å²) in [5, 5.41) is 8.97. The Bertz CT molecular complexity index is 430. The molecule has 0 radical (unpaired) electrons. The number of nitrogens with zero attached hydrogens (tertiary/aromatic N) is 1. The van der Waals surface area contributed by atoms with E-state index in [2.05, 4.69) is 6.07 Å². The van der Waals surface area contributed by atoms with Gasteiger partial charge in [-0.1, -0.05) is 13.8 Å². The summed E-state index contributed by atoms with van der Waals surface area (Å²) in [5.74, 6) is 0. The molecule has 0 saturated carbocycles. The monoisotopic (exact) mass is 202 g/mol. The lowest BCUT2D eigenvalue weighted by Crippen LogP contribution is -2.05. The minimum absolute atomic E-state index is 0.417. The van der Waals surface area contributed by atoms with Crippen molar-refractivity contribution >= 4 is 12.0 Å². The van der Waals surface area contributed by atoms with E-state index in [1.807, 2.05) is 13.8 Å². The number of nitrogens with two attached hydrogens (primary N) is 1. The zero-order valence-corrected chi connectivity index (χ0v) is 9.00. The molecule has 2 N–H and O–H groups in total. The summed E-state index contributed by atoms with van der Waals surface area (Å²) < 4.78 is 0. The molecule has 0 aliphatic rings. The van der Waals surface area contributed by atoms with Gasteiger partial charge in [0.25, 0.3) is 0 Å². The maximum absolute atomic E-state index is 10.8. The van der Waals surface area contributed by atoms with Gasteiger partial charge >= 0.3 is 0 Å². The van der Waals surface area contributed by atoms with Crippen molar-refractivity contribution < 1.29 is 4.79 Å². The zero-order chi connectivity index (χ0) is 11.4. The van der Waals surface area contributed by atoms with E-state index in [9.17, 15) is 4.79 Å². The molecular weight excluding hydrogens is 188 g/mol. The summed E-state index contributed by atoms with van der Waals surface area (Å²) in [6.07, 6.45) is 2.20. The minimum atomic E-state index is 0.417. The molecular formula is C12H14N2O. The van der Waals surface area contributed by atoms with Crippen LogP contribution in [-0.4, -0.2) is 6.29 Å². The van der Waals surface area contributed by atoms with Crippen molar-refractivity contribution in [2.45, 2.75) is 26.7 Å². The second-order valence-corrected chi connectivity index (χ2v) is 3.32. The number of carbonyl (C=O) groups is 1. The van der Waals surface area contributed by atoms with Gasteiger partial charge in [-0.15, -0.1) is 0 Å². The first kappa shape index (κ1) is 11.3. The molecule has 0 aliphatic heterocycles. The van der Waals surface area contributed by atoms with Crippen LogP contribution in [0.15, 0.2) is 6.07 Å². The van der Waals surface area contributed by atoms with E-state index in [0.29, 0.717) is 23.1 Å². The van der Waals surface area contributed by atoms with Crippen LogP contribution in [0.25, 0.3) is 0 Å². The van der Waals surface area contributed by atoms with Gasteiger partial charge in [-0.3, -0.25) is 4.79 Å². The molecule has 0 aliphatic carbocycles. The van der Waals surface area contributed by atoms with Crippen LogP contribution >= 0.6 is 0 Å². The fourth-order valence-corrected chi connectivity index (χ4v) is 1.82. The van der Waals surface area contributed by atoms with Crippen molar-refractivity contribution in [3.05, 3.63) is 28.3 Å². The predicted molar refractivity (Wildman–Crippen MR) is 59.7 cm³/mol. The maximum Gasteiger partial charge on any atom is 0.152 e. The van der Waals surface area contributed by atoms with Crippen molar-refractivity contribution in [3.8, 4) is 6.07 Å². The van der Waals surface area contributed by atoms with Gasteiger partial charge in [0.1, 0.15) is 0 Å². The summed E-state index contributed by atoms with van der Waals surface area (Å²) in [5.41, 5.74) is 9.25. The second kappa shape index (κ2) is 4.61. The first-order valence-electron chi connectivity index (χ1n) is 4.99. The van der Waals surface area contributed by atoms with Crippen molar-refractivity contribution in [1.29, 1.82) is 5.26 Å². The molecule has 78 valence electrons. The number of anilines is 1. The standard InChI is InChI=1S/C12H14N2O/c1-3-10-8(6-13)5-9(7-15)12(14)11(10)4-2/h5,7H,3-4,14H2,1-2H3. The fourth-order valence-electron chi connectivity index (χ4n) is 1.82. The van der Waals surface area contributed by atoms with Crippen LogP contribution in [0.3, 0.4) is 0 Å². The van der Waals surface area contributed by atoms with E-state index >= 15 is 0 Å². The average Bonchev–Trinajstić information content (AvgIpc) is 2.28. The average molecular weight is 202 g/mol. The van der Waals surface area contributed by atoms with Gasteiger partial charge in [0.15, 0.2) is 6.29 Å². The van der Waals surface area contributed by atoms with Gasteiger partial charge in [0, 0.05) is 11.3 Å². The first-order valence-corrected chi connectivity index (χ1v) is 4.99. The Morgan fingerprint density at radius 2 is 2.00 bits per heavy atom. The first-order chi connectivity index (χ1) is 7.19. The Balaban J connectivity index is 3.59. The molecule has 15 heavy (non-hydrogen) atoms. The quantitative estimate of drug-likeness (QED) is 0.602. The van der Waals surface area contributed by atoms with Crippen molar-refractivity contribution in [2.24, 2.45) is 0 Å². The smallest absolute Gasteiger partial charge is 0.152 e. The summed E-state index contributed by atoms with van der Waals surface area (Å²) in [6, 6.07) is 3.68. The molecule has 1 aromatic carbocycles. The molecule has 0 unspecified atom stereocenters. The van der Waals surface area contributed by atoms with Gasteiger partial charge in [0.05, 0.1) is 11.6 Å². The van der Waals surface area contributed by atoms with Crippen LogP contribution in [0.1, 0.15) is 40.9 Å². The molecule has 1 aromatic rings. The normalized spacial score (nSPS) is 9.67. The Morgan fingerprint density at radius 3 is 2.40 bits per heavy atom. The summed E-state index contributed by atoms with van der Waals surface area (Å²) in [7, 11) is 0. The maximum atomic E-state index is 10.8. The number of benzene rings is 1.